The summed E-state index contributed by atoms with van der Waals surface area (Å²) in [5.41, 5.74) is 0. The normalized spacial score (nSPS) is 23.2. The van der Waals surface area contributed by atoms with Crippen LogP contribution in [0.15, 0.2) is 0 Å². The lowest BCUT2D eigenvalue weighted by Crippen LogP contribution is -2.50. The van der Waals surface area contributed by atoms with Crippen molar-refractivity contribution in [1.29, 1.82) is 0 Å². The maximum Gasteiger partial charge on any atom is 0.260 e. The fourth-order valence-electron chi connectivity index (χ4n) is 2.81. The minimum Gasteiger partial charge on any atom is -0.346 e. The molecule has 0 radical (unpaired) electrons. The van der Waals surface area contributed by atoms with Gasteiger partial charge in [-0.25, -0.2) is 5.01 Å². The molecule has 3 amide bonds. The number of amides is 3. The maximum absolute atomic E-state index is 12.1. The lowest BCUT2D eigenvalue weighted by molar-refractivity contribution is -0.156. The highest BCUT2D eigenvalue weighted by Gasteiger charge is 2.31. The molecule has 7 heteroatoms. The van der Waals surface area contributed by atoms with Gasteiger partial charge in [0, 0.05) is 20.0 Å². The summed E-state index contributed by atoms with van der Waals surface area (Å²) in [6, 6.07) is -0.134. The molecule has 1 unspecified atom stereocenters. The molecule has 20 heavy (non-hydrogen) atoms. The number of rotatable bonds is 3. The van der Waals surface area contributed by atoms with E-state index in [1.165, 1.54) is 16.9 Å². The van der Waals surface area contributed by atoms with E-state index < -0.39 is 0 Å². The summed E-state index contributed by atoms with van der Waals surface area (Å²) in [6.45, 7) is 3.42. The van der Waals surface area contributed by atoms with Crippen LogP contribution in [-0.4, -0.2) is 71.9 Å². The van der Waals surface area contributed by atoms with Gasteiger partial charge in [0.05, 0.1) is 12.6 Å². The SMILES string of the molecule is CC(=O)N1CCCN1C(=O)CNC(=O)C1CCCN1C. The Morgan fingerprint density at radius 2 is 1.80 bits per heavy atom. The number of carbonyl (C=O) groups is 3. The van der Waals surface area contributed by atoms with Crippen molar-refractivity contribution in [3.63, 3.8) is 0 Å². The summed E-state index contributed by atoms with van der Waals surface area (Å²) in [5, 5.41) is 5.55. The van der Waals surface area contributed by atoms with Gasteiger partial charge in [0.2, 0.25) is 11.8 Å². The summed E-state index contributed by atoms with van der Waals surface area (Å²) in [5.74, 6) is -0.476. The zero-order chi connectivity index (χ0) is 14.7. The van der Waals surface area contributed by atoms with Gasteiger partial charge in [-0.15, -0.1) is 0 Å². The monoisotopic (exact) mass is 282 g/mol. The van der Waals surface area contributed by atoms with Crippen molar-refractivity contribution in [2.24, 2.45) is 0 Å². The molecule has 1 N–H and O–H groups in total. The van der Waals surface area contributed by atoms with E-state index in [2.05, 4.69) is 5.32 Å². The number of nitrogens with zero attached hydrogens (tertiary/aromatic N) is 3. The van der Waals surface area contributed by atoms with Gasteiger partial charge >= 0.3 is 0 Å². The van der Waals surface area contributed by atoms with Gasteiger partial charge in [-0.3, -0.25) is 24.3 Å². The summed E-state index contributed by atoms with van der Waals surface area (Å²) in [4.78, 5) is 37.4. The first-order valence-corrected chi connectivity index (χ1v) is 7.07. The van der Waals surface area contributed by atoms with Gasteiger partial charge in [-0.2, -0.15) is 0 Å². The fourth-order valence-corrected chi connectivity index (χ4v) is 2.81. The summed E-state index contributed by atoms with van der Waals surface area (Å²) >= 11 is 0. The molecule has 0 aromatic rings. The van der Waals surface area contributed by atoms with E-state index in [0.29, 0.717) is 13.1 Å². The topological polar surface area (TPSA) is 73.0 Å². The van der Waals surface area contributed by atoms with Crippen LogP contribution in [0.3, 0.4) is 0 Å². The molecule has 1 atom stereocenters. The standard InChI is InChI=1S/C13H22N4O3/c1-10(18)16-7-4-8-17(16)12(19)9-14-13(20)11-5-3-6-15(11)2/h11H,3-9H2,1-2H3,(H,14,20). The first kappa shape index (κ1) is 14.8. The molecule has 2 saturated heterocycles. The third kappa shape index (κ3) is 3.09. The Morgan fingerprint density at radius 3 is 2.40 bits per heavy atom. The van der Waals surface area contributed by atoms with Crippen molar-refractivity contribution in [2.45, 2.75) is 32.2 Å². The number of likely N-dealkylation sites (N-methyl/N-ethyl adjacent to an activating group) is 1. The number of nitrogens with one attached hydrogen (secondary N) is 1. The minimum atomic E-state index is -0.230. The molecular weight excluding hydrogens is 260 g/mol. The van der Waals surface area contributed by atoms with Crippen molar-refractivity contribution in [3.05, 3.63) is 0 Å². The van der Waals surface area contributed by atoms with Crippen LogP contribution in [0, 0.1) is 0 Å². The first-order chi connectivity index (χ1) is 9.50. The second-order valence-corrected chi connectivity index (χ2v) is 5.37. The van der Waals surface area contributed by atoms with Crippen molar-refractivity contribution >= 4 is 17.7 Å². The van der Waals surface area contributed by atoms with Gasteiger partial charge in [0.25, 0.3) is 5.91 Å². The molecule has 0 aromatic carbocycles. The number of hydrazine groups is 1. The lowest BCUT2D eigenvalue weighted by atomic mass is 10.2. The van der Waals surface area contributed by atoms with Crippen LogP contribution >= 0.6 is 0 Å². The maximum atomic E-state index is 12.1. The third-order valence-electron chi connectivity index (χ3n) is 3.92. The van der Waals surface area contributed by atoms with E-state index in [4.69, 9.17) is 0 Å². The molecule has 2 aliphatic rings. The highest BCUT2D eigenvalue weighted by atomic mass is 16.2. The van der Waals surface area contributed by atoms with Crippen LogP contribution in [0.1, 0.15) is 26.2 Å². The summed E-state index contributed by atoms with van der Waals surface area (Å²) in [6.07, 6.45) is 2.62. The molecule has 2 fully saturated rings. The number of hydrogen-bond donors (Lipinski definition) is 1. The van der Waals surface area contributed by atoms with Gasteiger partial charge in [0.15, 0.2) is 0 Å². The van der Waals surface area contributed by atoms with E-state index >= 15 is 0 Å². The zero-order valence-electron chi connectivity index (χ0n) is 12.1. The van der Waals surface area contributed by atoms with Gasteiger partial charge in [-0.1, -0.05) is 0 Å². The molecule has 7 nitrogen and oxygen atoms in total. The molecule has 0 saturated carbocycles. The summed E-state index contributed by atoms with van der Waals surface area (Å²) in [7, 11) is 1.91. The van der Waals surface area contributed by atoms with Gasteiger partial charge in [0.1, 0.15) is 0 Å². The van der Waals surface area contributed by atoms with Crippen LogP contribution in [-0.2, 0) is 14.4 Å². The predicted octanol–water partition coefficient (Wildman–Crippen LogP) is -0.807. The molecule has 0 aliphatic carbocycles. The van der Waals surface area contributed by atoms with E-state index in [-0.39, 0.29) is 30.3 Å². The molecule has 2 heterocycles. The van der Waals surface area contributed by atoms with Crippen molar-refractivity contribution < 1.29 is 14.4 Å². The second-order valence-electron chi connectivity index (χ2n) is 5.37. The minimum absolute atomic E-state index is 0.0487. The molecule has 2 rings (SSSR count). The fraction of sp³-hybridized carbons (Fsp3) is 0.769. The molecule has 112 valence electrons. The Kier molecular flexibility index (Phi) is 4.59. The molecule has 0 aromatic heterocycles. The Morgan fingerprint density at radius 1 is 1.10 bits per heavy atom. The Hall–Kier alpha value is -1.63. The number of carbonyl (C=O) groups excluding carboxylic acids is 3. The van der Waals surface area contributed by atoms with E-state index in [9.17, 15) is 14.4 Å². The van der Waals surface area contributed by atoms with Crippen molar-refractivity contribution in [1.82, 2.24) is 20.2 Å². The Bertz CT molecular complexity index is 412. The van der Waals surface area contributed by atoms with E-state index in [0.717, 1.165) is 25.8 Å². The van der Waals surface area contributed by atoms with Crippen LogP contribution < -0.4 is 5.32 Å². The van der Waals surface area contributed by atoms with Crippen LogP contribution in [0.4, 0.5) is 0 Å². The number of hydrogen-bond acceptors (Lipinski definition) is 4. The predicted molar refractivity (Wildman–Crippen MR) is 72.4 cm³/mol. The van der Waals surface area contributed by atoms with Crippen molar-refractivity contribution in [2.75, 3.05) is 33.2 Å². The van der Waals surface area contributed by atoms with Gasteiger partial charge in [-0.05, 0) is 32.9 Å². The Labute approximate surface area is 118 Å². The van der Waals surface area contributed by atoms with Crippen molar-refractivity contribution in [3.8, 4) is 0 Å². The second kappa shape index (κ2) is 6.21. The highest BCUT2D eigenvalue weighted by Crippen LogP contribution is 2.14. The lowest BCUT2D eigenvalue weighted by Gasteiger charge is -2.27. The Balaban J connectivity index is 1.83. The smallest absolute Gasteiger partial charge is 0.260 e. The van der Waals surface area contributed by atoms with Crippen LogP contribution in [0.25, 0.3) is 0 Å². The van der Waals surface area contributed by atoms with E-state index in [1.807, 2.05) is 11.9 Å². The molecular formula is C13H22N4O3. The number of likely N-dealkylation sites (tertiary alicyclic amines) is 1. The van der Waals surface area contributed by atoms with Crippen LogP contribution in [0.2, 0.25) is 0 Å². The highest BCUT2D eigenvalue weighted by molar-refractivity contribution is 5.88. The first-order valence-electron chi connectivity index (χ1n) is 7.07. The average molecular weight is 282 g/mol. The quantitative estimate of drug-likeness (QED) is 0.735. The summed E-state index contributed by atoms with van der Waals surface area (Å²) < 4.78 is 0. The molecule has 0 bridgehead atoms. The van der Waals surface area contributed by atoms with E-state index in [1.54, 1.807) is 0 Å². The zero-order valence-corrected chi connectivity index (χ0v) is 12.1. The largest absolute Gasteiger partial charge is 0.346 e. The third-order valence-corrected chi connectivity index (χ3v) is 3.92. The molecule has 2 aliphatic heterocycles. The average Bonchev–Trinajstić information content (AvgIpc) is 3.03. The van der Waals surface area contributed by atoms with Crippen LogP contribution in [0.5, 0.6) is 0 Å². The van der Waals surface area contributed by atoms with Gasteiger partial charge < -0.3 is 5.32 Å². The molecule has 0 spiro atoms.